The number of nitrogens with one attached hydrogen (secondary N) is 1. The van der Waals surface area contributed by atoms with Gasteiger partial charge in [-0.2, -0.15) is 0 Å². The van der Waals surface area contributed by atoms with Crippen LogP contribution in [0.1, 0.15) is 28.6 Å². The highest BCUT2D eigenvalue weighted by Crippen LogP contribution is 2.28. The van der Waals surface area contributed by atoms with Gasteiger partial charge in [-0.3, -0.25) is 4.79 Å². The van der Waals surface area contributed by atoms with Crippen LogP contribution in [0.3, 0.4) is 0 Å². The summed E-state index contributed by atoms with van der Waals surface area (Å²) < 4.78 is 16.0. The van der Waals surface area contributed by atoms with E-state index < -0.39 is 0 Å². The van der Waals surface area contributed by atoms with E-state index in [0.717, 1.165) is 44.7 Å². The van der Waals surface area contributed by atoms with Crippen LogP contribution in [0.2, 0.25) is 0 Å². The number of carbonyl (C=O) groups is 1. The molecular weight excluding hydrogens is 374 g/mol. The molecule has 3 rings (SSSR count). The summed E-state index contributed by atoms with van der Waals surface area (Å²) >= 11 is 0. The van der Waals surface area contributed by atoms with Gasteiger partial charge in [0, 0.05) is 32.7 Å². The summed E-state index contributed by atoms with van der Waals surface area (Å²) in [5.41, 5.74) is 0.922. The van der Waals surface area contributed by atoms with Gasteiger partial charge in [-0.1, -0.05) is 6.07 Å². The molecule has 1 amide bonds. The number of methoxy groups -OCH3 is 2. The zero-order valence-corrected chi connectivity index (χ0v) is 17.3. The fraction of sp³-hybridized carbons (Fsp3) is 0.550. The quantitative estimate of drug-likeness (QED) is 0.621. The van der Waals surface area contributed by atoms with E-state index in [1.54, 1.807) is 14.2 Å². The second-order valence-electron chi connectivity index (χ2n) is 7.12. The molecular formula is C20H29N5O4. The van der Waals surface area contributed by atoms with Gasteiger partial charge < -0.3 is 29.0 Å². The van der Waals surface area contributed by atoms with Gasteiger partial charge >= 0.3 is 11.8 Å². The molecule has 0 atom stereocenters. The van der Waals surface area contributed by atoms with E-state index in [1.165, 1.54) is 0 Å². The molecule has 1 fully saturated rings. The number of hydrogen-bond acceptors (Lipinski definition) is 8. The Balaban J connectivity index is 1.45. The first-order valence-corrected chi connectivity index (χ1v) is 9.81. The van der Waals surface area contributed by atoms with E-state index in [4.69, 9.17) is 13.9 Å². The summed E-state index contributed by atoms with van der Waals surface area (Å²) in [5, 5.41) is 10.7. The summed E-state index contributed by atoms with van der Waals surface area (Å²) in [4.78, 5) is 17.0. The third-order valence-electron chi connectivity index (χ3n) is 5.00. The van der Waals surface area contributed by atoms with E-state index in [0.29, 0.717) is 30.4 Å². The normalized spacial score (nSPS) is 15.3. The lowest BCUT2D eigenvalue weighted by molar-refractivity contribution is 0.0913. The largest absolute Gasteiger partial charge is 0.493 e. The number of benzene rings is 1. The predicted octanol–water partition coefficient (Wildman–Crippen LogP) is 1.04. The van der Waals surface area contributed by atoms with Crippen molar-refractivity contribution in [2.75, 3.05) is 60.5 Å². The van der Waals surface area contributed by atoms with Crippen molar-refractivity contribution >= 4 is 5.91 Å². The maximum Gasteiger partial charge on any atom is 0.308 e. The highest BCUT2D eigenvalue weighted by atomic mass is 16.5. The van der Waals surface area contributed by atoms with Gasteiger partial charge in [-0.15, -0.1) is 10.2 Å². The van der Waals surface area contributed by atoms with Crippen LogP contribution in [0.15, 0.2) is 22.6 Å². The molecule has 1 aliphatic heterocycles. The van der Waals surface area contributed by atoms with Gasteiger partial charge in [0.1, 0.15) is 0 Å². The van der Waals surface area contributed by atoms with E-state index in [-0.39, 0.29) is 11.8 Å². The third kappa shape index (κ3) is 5.91. The van der Waals surface area contributed by atoms with Crippen molar-refractivity contribution in [2.24, 2.45) is 0 Å². The first-order valence-electron chi connectivity index (χ1n) is 9.81. The number of carbonyl (C=O) groups excluding carboxylic acids is 1. The van der Waals surface area contributed by atoms with Gasteiger partial charge in [0.25, 0.3) is 0 Å². The average Bonchev–Trinajstić information content (AvgIpc) is 3.20. The number of hydrogen-bond donors (Lipinski definition) is 1. The SMILES string of the molecule is COc1ccc(Cc2nnc(C(=O)NCCCN3CCN(C)CC3)o2)cc1OC. The number of amides is 1. The Morgan fingerprint density at radius 2 is 1.90 bits per heavy atom. The van der Waals surface area contributed by atoms with Crippen LogP contribution in [-0.4, -0.2) is 86.4 Å². The summed E-state index contributed by atoms with van der Waals surface area (Å²) in [6.07, 6.45) is 1.30. The number of likely N-dealkylation sites (N-methyl/N-ethyl adjacent to an activating group) is 1. The molecule has 2 aromatic rings. The number of aromatic nitrogens is 2. The molecule has 1 aromatic carbocycles. The van der Waals surface area contributed by atoms with E-state index in [1.807, 2.05) is 18.2 Å². The van der Waals surface area contributed by atoms with Gasteiger partial charge in [0.05, 0.1) is 20.6 Å². The first-order chi connectivity index (χ1) is 14.1. The molecule has 0 unspecified atom stereocenters. The summed E-state index contributed by atoms with van der Waals surface area (Å²) in [6, 6.07) is 5.56. The van der Waals surface area contributed by atoms with Crippen molar-refractivity contribution in [2.45, 2.75) is 12.8 Å². The van der Waals surface area contributed by atoms with E-state index in [9.17, 15) is 4.79 Å². The van der Waals surface area contributed by atoms with Gasteiger partial charge in [0.15, 0.2) is 11.5 Å². The molecule has 9 heteroatoms. The second-order valence-corrected chi connectivity index (χ2v) is 7.12. The van der Waals surface area contributed by atoms with Crippen LogP contribution in [-0.2, 0) is 6.42 Å². The molecule has 1 N–H and O–H groups in total. The smallest absolute Gasteiger partial charge is 0.308 e. The molecule has 29 heavy (non-hydrogen) atoms. The molecule has 1 aliphatic rings. The van der Waals surface area contributed by atoms with Gasteiger partial charge in [-0.25, -0.2) is 0 Å². The number of nitrogens with zero attached hydrogens (tertiary/aromatic N) is 4. The number of ether oxygens (including phenoxy) is 2. The molecule has 0 radical (unpaired) electrons. The molecule has 0 aliphatic carbocycles. The second kappa shape index (κ2) is 10.2. The number of rotatable bonds is 9. The van der Waals surface area contributed by atoms with Gasteiger partial charge in [-0.05, 0) is 37.7 Å². The van der Waals surface area contributed by atoms with Crippen molar-refractivity contribution in [3.63, 3.8) is 0 Å². The fourth-order valence-electron chi connectivity index (χ4n) is 3.23. The zero-order valence-electron chi connectivity index (χ0n) is 17.3. The Morgan fingerprint density at radius 3 is 2.62 bits per heavy atom. The van der Waals surface area contributed by atoms with Crippen molar-refractivity contribution in [3.05, 3.63) is 35.5 Å². The monoisotopic (exact) mass is 403 g/mol. The fourth-order valence-corrected chi connectivity index (χ4v) is 3.23. The van der Waals surface area contributed by atoms with Crippen LogP contribution >= 0.6 is 0 Å². The Labute approximate surface area is 171 Å². The molecule has 2 heterocycles. The van der Waals surface area contributed by atoms with E-state index >= 15 is 0 Å². The minimum absolute atomic E-state index is 0.0138. The van der Waals surface area contributed by atoms with Gasteiger partial charge in [0.2, 0.25) is 5.89 Å². The summed E-state index contributed by atoms with van der Waals surface area (Å²) in [6.45, 7) is 5.90. The maximum atomic E-state index is 12.2. The lowest BCUT2D eigenvalue weighted by Crippen LogP contribution is -2.45. The Hall–Kier alpha value is -2.65. The summed E-state index contributed by atoms with van der Waals surface area (Å²) in [7, 11) is 5.31. The van der Waals surface area contributed by atoms with Crippen LogP contribution in [0.4, 0.5) is 0 Å². The zero-order chi connectivity index (χ0) is 20.6. The minimum Gasteiger partial charge on any atom is -0.493 e. The average molecular weight is 403 g/mol. The van der Waals surface area contributed by atoms with Crippen molar-refractivity contribution in [3.8, 4) is 11.5 Å². The first kappa shape index (κ1) is 21.1. The van der Waals surface area contributed by atoms with Crippen molar-refractivity contribution in [1.82, 2.24) is 25.3 Å². The predicted molar refractivity (Wildman–Crippen MR) is 108 cm³/mol. The maximum absolute atomic E-state index is 12.2. The van der Waals surface area contributed by atoms with E-state index in [2.05, 4.69) is 32.4 Å². The van der Waals surface area contributed by atoms with Crippen LogP contribution < -0.4 is 14.8 Å². The molecule has 1 aromatic heterocycles. The highest BCUT2D eigenvalue weighted by Gasteiger charge is 2.16. The Bertz CT molecular complexity index is 802. The highest BCUT2D eigenvalue weighted by molar-refractivity contribution is 5.89. The van der Waals surface area contributed by atoms with Crippen LogP contribution in [0, 0.1) is 0 Å². The molecule has 1 saturated heterocycles. The summed E-state index contributed by atoms with van der Waals surface area (Å²) in [5.74, 6) is 1.30. The molecule has 9 nitrogen and oxygen atoms in total. The third-order valence-corrected chi connectivity index (χ3v) is 5.00. The lowest BCUT2D eigenvalue weighted by atomic mass is 10.1. The van der Waals surface area contributed by atoms with Crippen molar-refractivity contribution in [1.29, 1.82) is 0 Å². The Morgan fingerprint density at radius 1 is 1.14 bits per heavy atom. The van der Waals surface area contributed by atoms with Crippen molar-refractivity contribution < 1.29 is 18.7 Å². The topological polar surface area (TPSA) is 93.0 Å². The van der Waals surface area contributed by atoms with Crippen LogP contribution in [0.25, 0.3) is 0 Å². The van der Waals surface area contributed by atoms with Crippen LogP contribution in [0.5, 0.6) is 11.5 Å². The lowest BCUT2D eigenvalue weighted by Gasteiger charge is -2.32. The minimum atomic E-state index is -0.338. The molecule has 158 valence electrons. The Kier molecular flexibility index (Phi) is 7.42. The standard InChI is InChI=1S/C20H29N5O4/c1-24-9-11-25(12-10-24)8-4-7-21-19(26)20-23-22-18(29-20)14-15-5-6-16(27-2)17(13-15)28-3/h5-6,13H,4,7-12,14H2,1-3H3,(H,21,26). The molecule has 0 saturated carbocycles. The number of piperazine rings is 1. The molecule has 0 bridgehead atoms. The molecule has 0 spiro atoms.